The molecular weight excluding hydrogens is 306 g/mol. The maximum Gasteiger partial charge on any atom is 0.272 e. The second-order valence-electron chi connectivity index (χ2n) is 5.91. The molecule has 3 rings (SSSR count). The van der Waals surface area contributed by atoms with Crippen molar-refractivity contribution in [3.05, 3.63) is 35.4 Å². The number of amides is 1. The summed E-state index contributed by atoms with van der Waals surface area (Å²) < 4.78 is 1.68. The summed E-state index contributed by atoms with van der Waals surface area (Å²) in [6.45, 7) is 3.34. The number of nitrogens with one attached hydrogen (secondary N) is 1. The SMILES string of the molecule is Cc1cc(C(=O)NC2CCCN(c3nccc(C#N)n3)C2)nn1C. The number of aromatic nitrogens is 4. The number of nitrogens with zero attached hydrogens (tertiary/aromatic N) is 6. The van der Waals surface area contributed by atoms with Crippen molar-refractivity contribution in [2.24, 2.45) is 7.05 Å². The van der Waals surface area contributed by atoms with E-state index in [0.717, 1.165) is 25.1 Å². The van der Waals surface area contributed by atoms with Crippen molar-refractivity contribution < 1.29 is 4.79 Å². The van der Waals surface area contributed by atoms with Crippen molar-refractivity contribution >= 4 is 11.9 Å². The molecule has 8 heteroatoms. The van der Waals surface area contributed by atoms with Gasteiger partial charge in [0.05, 0.1) is 0 Å². The van der Waals surface area contributed by atoms with Crippen LogP contribution >= 0.6 is 0 Å². The Morgan fingerprint density at radius 3 is 3.04 bits per heavy atom. The van der Waals surface area contributed by atoms with E-state index in [9.17, 15) is 4.79 Å². The fraction of sp³-hybridized carbons (Fsp3) is 0.438. The molecule has 0 saturated carbocycles. The summed E-state index contributed by atoms with van der Waals surface area (Å²) in [6.07, 6.45) is 3.40. The molecule has 0 aromatic carbocycles. The molecule has 1 N–H and O–H groups in total. The number of rotatable bonds is 3. The van der Waals surface area contributed by atoms with Crippen LogP contribution in [0.3, 0.4) is 0 Å². The molecule has 0 aliphatic carbocycles. The molecule has 0 bridgehead atoms. The Kier molecular flexibility index (Phi) is 4.42. The summed E-state index contributed by atoms with van der Waals surface area (Å²) in [4.78, 5) is 22.8. The van der Waals surface area contributed by atoms with Gasteiger partial charge in [0.1, 0.15) is 17.5 Å². The maximum atomic E-state index is 12.3. The van der Waals surface area contributed by atoms with Gasteiger partial charge in [0.15, 0.2) is 0 Å². The standard InChI is InChI=1S/C16H19N7O/c1-11-8-14(21-22(11)2)15(24)19-13-4-3-7-23(10-13)16-18-6-5-12(9-17)20-16/h5-6,8,13H,3-4,7,10H2,1-2H3,(H,19,24). The number of carbonyl (C=O) groups is 1. The lowest BCUT2D eigenvalue weighted by molar-refractivity contribution is 0.0927. The van der Waals surface area contributed by atoms with E-state index in [1.165, 1.54) is 0 Å². The van der Waals surface area contributed by atoms with Gasteiger partial charge in [0.25, 0.3) is 5.91 Å². The largest absolute Gasteiger partial charge is 0.346 e. The van der Waals surface area contributed by atoms with E-state index >= 15 is 0 Å². The average Bonchev–Trinajstić information content (AvgIpc) is 2.94. The molecule has 1 amide bonds. The van der Waals surface area contributed by atoms with Crippen LogP contribution in [0.15, 0.2) is 18.3 Å². The van der Waals surface area contributed by atoms with Gasteiger partial charge < -0.3 is 10.2 Å². The Morgan fingerprint density at radius 2 is 2.33 bits per heavy atom. The molecule has 1 fully saturated rings. The van der Waals surface area contributed by atoms with Crippen LogP contribution in [0.1, 0.15) is 34.7 Å². The first kappa shape index (κ1) is 15.9. The van der Waals surface area contributed by atoms with E-state index < -0.39 is 0 Å². The number of piperidine rings is 1. The average molecular weight is 325 g/mol. The maximum absolute atomic E-state index is 12.3. The highest BCUT2D eigenvalue weighted by Crippen LogP contribution is 2.16. The molecular formula is C16H19N7O. The molecule has 24 heavy (non-hydrogen) atoms. The lowest BCUT2D eigenvalue weighted by Crippen LogP contribution is -2.48. The lowest BCUT2D eigenvalue weighted by atomic mass is 10.1. The van der Waals surface area contributed by atoms with Gasteiger partial charge in [-0.15, -0.1) is 0 Å². The second kappa shape index (κ2) is 6.66. The third-order valence-corrected chi connectivity index (χ3v) is 4.14. The van der Waals surface area contributed by atoms with Crippen molar-refractivity contribution in [1.29, 1.82) is 5.26 Å². The fourth-order valence-corrected chi connectivity index (χ4v) is 2.77. The molecule has 1 saturated heterocycles. The van der Waals surface area contributed by atoms with Crippen LogP contribution in [0.25, 0.3) is 0 Å². The summed E-state index contributed by atoms with van der Waals surface area (Å²) in [6, 6.07) is 5.38. The molecule has 1 aliphatic heterocycles. The van der Waals surface area contributed by atoms with E-state index in [0.29, 0.717) is 23.9 Å². The van der Waals surface area contributed by atoms with Gasteiger partial charge >= 0.3 is 0 Å². The highest BCUT2D eigenvalue weighted by Gasteiger charge is 2.24. The van der Waals surface area contributed by atoms with Crippen molar-refractivity contribution in [2.75, 3.05) is 18.0 Å². The van der Waals surface area contributed by atoms with Crippen LogP contribution in [-0.2, 0) is 7.05 Å². The summed E-state index contributed by atoms with van der Waals surface area (Å²) in [5.74, 6) is 0.360. The molecule has 2 aromatic rings. The minimum absolute atomic E-state index is 0.00269. The minimum Gasteiger partial charge on any atom is -0.346 e. The molecule has 0 radical (unpaired) electrons. The Bertz CT molecular complexity index is 772. The van der Waals surface area contributed by atoms with Crippen LogP contribution in [0.5, 0.6) is 0 Å². The van der Waals surface area contributed by atoms with Crippen molar-refractivity contribution in [1.82, 2.24) is 25.1 Å². The van der Waals surface area contributed by atoms with Crippen molar-refractivity contribution in [3.8, 4) is 6.07 Å². The monoisotopic (exact) mass is 325 g/mol. The first-order valence-electron chi connectivity index (χ1n) is 7.86. The highest BCUT2D eigenvalue weighted by atomic mass is 16.2. The fourth-order valence-electron chi connectivity index (χ4n) is 2.77. The van der Waals surface area contributed by atoms with E-state index in [-0.39, 0.29) is 11.9 Å². The van der Waals surface area contributed by atoms with Gasteiger partial charge in [0.2, 0.25) is 5.95 Å². The Balaban J connectivity index is 1.67. The van der Waals surface area contributed by atoms with Crippen LogP contribution < -0.4 is 10.2 Å². The number of hydrogen-bond acceptors (Lipinski definition) is 6. The van der Waals surface area contributed by atoms with E-state index in [1.54, 1.807) is 23.0 Å². The van der Waals surface area contributed by atoms with Gasteiger partial charge in [-0.05, 0) is 31.9 Å². The Morgan fingerprint density at radius 1 is 1.50 bits per heavy atom. The summed E-state index contributed by atoms with van der Waals surface area (Å²) in [7, 11) is 1.81. The second-order valence-corrected chi connectivity index (χ2v) is 5.91. The molecule has 2 aromatic heterocycles. The third-order valence-electron chi connectivity index (χ3n) is 4.14. The van der Waals surface area contributed by atoms with Gasteiger partial charge in [-0.25, -0.2) is 9.97 Å². The zero-order valence-corrected chi connectivity index (χ0v) is 13.7. The molecule has 8 nitrogen and oxygen atoms in total. The van der Waals surface area contributed by atoms with Crippen molar-refractivity contribution in [3.63, 3.8) is 0 Å². The predicted molar refractivity (Wildman–Crippen MR) is 87.4 cm³/mol. The summed E-state index contributed by atoms with van der Waals surface area (Å²) in [5.41, 5.74) is 1.71. The normalized spacial score (nSPS) is 17.4. The third kappa shape index (κ3) is 3.35. The van der Waals surface area contributed by atoms with Crippen LogP contribution in [0.4, 0.5) is 5.95 Å². The van der Waals surface area contributed by atoms with Crippen LogP contribution in [0, 0.1) is 18.3 Å². The number of aryl methyl sites for hydroxylation is 2. The molecule has 1 unspecified atom stereocenters. The Hall–Kier alpha value is -2.95. The first-order chi connectivity index (χ1) is 11.6. The number of anilines is 1. The number of nitriles is 1. The molecule has 1 atom stereocenters. The highest BCUT2D eigenvalue weighted by molar-refractivity contribution is 5.92. The zero-order chi connectivity index (χ0) is 17.1. The molecule has 124 valence electrons. The number of hydrogen-bond donors (Lipinski definition) is 1. The lowest BCUT2D eigenvalue weighted by Gasteiger charge is -2.33. The smallest absolute Gasteiger partial charge is 0.272 e. The van der Waals surface area contributed by atoms with Gasteiger partial charge in [-0.1, -0.05) is 0 Å². The predicted octanol–water partition coefficient (Wildman–Crippen LogP) is 0.789. The van der Waals surface area contributed by atoms with Crippen LogP contribution in [-0.4, -0.2) is 44.8 Å². The first-order valence-corrected chi connectivity index (χ1v) is 7.86. The summed E-state index contributed by atoms with van der Waals surface area (Å²) >= 11 is 0. The minimum atomic E-state index is -0.169. The molecule has 0 spiro atoms. The van der Waals surface area contributed by atoms with Gasteiger partial charge in [-0.3, -0.25) is 9.48 Å². The van der Waals surface area contributed by atoms with E-state index in [2.05, 4.69) is 20.4 Å². The Labute approximate surface area is 140 Å². The van der Waals surface area contributed by atoms with Gasteiger partial charge in [0, 0.05) is 38.1 Å². The number of carbonyl (C=O) groups excluding carboxylic acids is 1. The van der Waals surface area contributed by atoms with Gasteiger partial charge in [-0.2, -0.15) is 10.4 Å². The molecule has 3 heterocycles. The molecule has 1 aliphatic rings. The quantitative estimate of drug-likeness (QED) is 0.895. The van der Waals surface area contributed by atoms with Crippen molar-refractivity contribution in [2.45, 2.75) is 25.8 Å². The topological polar surface area (TPSA) is 99.7 Å². The van der Waals surface area contributed by atoms with Crippen LogP contribution in [0.2, 0.25) is 0 Å². The van der Waals surface area contributed by atoms with E-state index in [1.807, 2.05) is 24.9 Å². The summed E-state index contributed by atoms with van der Waals surface area (Å²) in [5, 5.41) is 16.2. The zero-order valence-electron chi connectivity index (χ0n) is 13.7. The van der Waals surface area contributed by atoms with E-state index in [4.69, 9.17) is 5.26 Å².